The molecule has 0 aromatic carbocycles. The summed E-state index contributed by atoms with van der Waals surface area (Å²) in [5, 5.41) is 9.94. The quantitative estimate of drug-likeness (QED) is 0.722. The zero-order chi connectivity index (χ0) is 21.0. The Labute approximate surface area is 167 Å². The van der Waals surface area contributed by atoms with Crippen LogP contribution in [0.1, 0.15) is 30.1 Å². The zero-order valence-electron chi connectivity index (χ0n) is 16.8. The number of rotatable bonds is 7. The monoisotopic (exact) mass is 413 g/mol. The van der Waals surface area contributed by atoms with Crippen molar-refractivity contribution < 1.29 is 17.9 Å². The Morgan fingerprint density at radius 3 is 2.59 bits per heavy atom. The maximum absolute atomic E-state index is 13.0. The summed E-state index contributed by atoms with van der Waals surface area (Å²) in [5.74, 6) is -0.192. The van der Waals surface area contributed by atoms with Gasteiger partial charge in [-0.25, -0.2) is 4.98 Å². The fourth-order valence-corrected chi connectivity index (χ4v) is 3.48. The van der Waals surface area contributed by atoms with Gasteiger partial charge in [-0.15, -0.1) is 0 Å². The van der Waals surface area contributed by atoms with Gasteiger partial charge in [-0.1, -0.05) is 0 Å². The van der Waals surface area contributed by atoms with Gasteiger partial charge in [0.15, 0.2) is 0 Å². The van der Waals surface area contributed by atoms with Crippen LogP contribution in [-0.4, -0.2) is 65.0 Å². The summed E-state index contributed by atoms with van der Waals surface area (Å²) < 4.78 is 46.1. The smallest absolute Gasteiger partial charge is 0.383 e. The highest BCUT2D eigenvalue weighted by Gasteiger charge is 2.35. The lowest BCUT2D eigenvalue weighted by Crippen LogP contribution is -2.37. The molecular weight excluding hydrogens is 387 g/mol. The summed E-state index contributed by atoms with van der Waals surface area (Å²) in [6.45, 7) is 5.53. The van der Waals surface area contributed by atoms with E-state index in [1.807, 2.05) is 11.6 Å². The molecule has 160 valence electrons. The molecule has 8 nitrogen and oxygen atoms in total. The van der Waals surface area contributed by atoms with Gasteiger partial charge in [-0.3, -0.25) is 4.68 Å². The first kappa shape index (κ1) is 21.3. The topological polar surface area (TPSA) is 80.1 Å². The van der Waals surface area contributed by atoms with E-state index in [9.17, 15) is 13.2 Å². The molecule has 2 aromatic rings. The van der Waals surface area contributed by atoms with Crippen molar-refractivity contribution in [3.63, 3.8) is 0 Å². The molecule has 0 spiro atoms. The van der Waals surface area contributed by atoms with Crippen LogP contribution in [0, 0.1) is 6.92 Å². The van der Waals surface area contributed by atoms with Crippen LogP contribution < -0.4 is 10.6 Å². The lowest BCUT2D eigenvalue weighted by molar-refractivity contribution is -0.137. The number of hydrogen-bond acceptors (Lipinski definition) is 7. The van der Waals surface area contributed by atoms with Gasteiger partial charge in [0.05, 0.1) is 30.2 Å². The van der Waals surface area contributed by atoms with Gasteiger partial charge in [-0.05, 0) is 19.8 Å². The molecule has 3 rings (SSSR count). The molecule has 29 heavy (non-hydrogen) atoms. The molecule has 0 aliphatic carbocycles. The summed E-state index contributed by atoms with van der Waals surface area (Å²) in [6.07, 6.45) is -0.127. The minimum Gasteiger partial charge on any atom is -0.383 e. The third-order valence-corrected chi connectivity index (χ3v) is 5.14. The Balaban J connectivity index is 1.69. The number of nitrogens with one attached hydrogen (secondary N) is 2. The number of aromatic nitrogens is 4. The maximum atomic E-state index is 13.0. The van der Waals surface area contributed by atoms with Crippen LogP contribution >= 0.6 is 0 Å². The van der Waals surface area contributed by atoms with Crippen LogP contribution in [0.3, 0.4) is 0 Å². The predicted molar refractivity (Wildman–Crippen MR) is 103 cm³/mol. The van der Waals surface area contributed by atoms with Crippen LogP contribution in [-0.2, 0) is 10.9 Å². The number of anilines is 3. The minimum atomic E-state index is -4.52. The molecular formula is C18H26F3N7O. The number of ether oxygens (including phenoxy) is 1. The van der Waals surface area contributed by atoms with Crippen LogP contribution in [0.4, 0.5) is 30.6 Å². The molecule has 0 bridgehead atoms. The summed E-state index contributed by atoms with van der Waals surface area (Å²) in [6, 6.07) is 0.283. The highest BCUT2D eigenvalue weighted by Crippen LogP contribution is 2.34. The average molecular weight is 413 g/mol. The molecule has 1 saturated heterocycles. The number of halogens is 3. The molecule has 0 atom stereocenters. The fraction of sp³-hybridized carbons (Fsp3) is 0.611. The van der Waals surface area contributed by atoms with Gasteiger partial charge in [0.1, 0.15) is 11.4 Å². The second kappa shape index (κ2) is 8.95. The Kier molecular flexibility index (Phi) is 6.58. The van der Waals surface area contributed by atoms with E-state index in [-0.39, 0.29) is 17.8 Å². The lowest BCUT2D eigenvalue weighted by atomic mass is 10.1. The van der Waals surface area contributed by atoms with E-state index in [0.29, 0.717) is 5.69 Å². The van der Waals surface area contributed by atoms with Crippen LogP contribution in [0.15, 0.2) is 12.4 Å². The van der Waals surface area contributed by atoms with Gasteiger partial charge in [0.25, 0.3) is 0 Å². The molecule has 1 aliphatic heterocycles. The Bertz CT molecular complexity index is 816. The van der Waals surface area contributed by atoms with Crippen molar-refractivity contribution >= 4 is 17.5 Å². The Morgan fingerprint density at radius 1 is 1.24 bits per heavy atom. The molecule has 3 heterocycles. The number of hydrogen-bond donors (Lipinski definition) is 2. The molecule has 1 aliphatic rings. The van der Waals surface area contributed by atoms with Crippen LogP contribution in [0.5, 0.6) is 0 Å². The predicted octanol–water partition coefficient (Wildman–Crippen LogP) is 3.07. The number of likely N-dealkylation sites (tertiary alicyclic amines) is 1. The normalized spacial score (nSPS) is 16.2. The number of nitrogens with zero attached hydrogens (tertiary/aromatic N) is 5. The van der Waals surface area contributed by atoms with Crippen LogP contribution in [0.25, 0.3) is 0 Å². The molecule has 0 unspecified atom stereocenters. The summed E-state index contributed by atoms with van der Waals surface area (Å²) in [5.41, 5.74) is 0.668. The van der Waals surface area contributed by atoms with Gasteiger partial charge in [0.2, 0.25) is 5.95 Å². The van der Waals surface area contributed by atoms with Gasteiger partial charge < -0.3 is 20.3 Å². The molecule has 0 radical (unpaired) electrons. The SMILES string of the molecule is CNc1nc(Nc2cnn(C3CCN(CCOC)CC3)c2C)ncc1C(F)(F)F. The van der Waals surface area contributed by atoms with E-state index in [1.54, 1.807) is 13.3 Å². The van der Waals surface area contributed by atoms with E-state index < -0.39 is 11.7 Å². The first-order valence-corrected chi connectivity index (χ1v) is 9.48. The molecule has 0 amide bonds. The molecule has 11 heteroatoms. The van der Waals surface area contributed by atoms with Crippen molar-refractivity contribution in [1.29, 1.82) is 0 Å². The number of piperidine rings is 1. The third kappa shape index (κ3) is 4.96. The number of methoxy groups -OCH3 is 1. The van der Waals surface area contributed by atoms with E-state index >= 15 is 0 Å². The molecule has 2 N–H and O–H groups in total. The largest absolute Gasteiger partial charge is 0.421 e. The first-order valence-electron chi connectivity index (χ1n) is 9.48. The highest BCUT2D eigenvalue weighted by molar-refractivity contribution is 5.58. The second-order valence-electron chi connectivity index (χ2n) is 6.98. The summed E-state index contributed by atoms with van der Waals surface area (Å²) in [4.78, 5) is 10.1. The van der Waals surface area contributed by atoms with E-state index in [0.717, 1.165) is 51.0 Å². The zero-order valence-corrected chi connectivity index (χ0v) is 16.8. The van der Waals surface area contributed by atoms with E-state index in [4.69, 9.17) is 4.74 Å². The molecule has 0 saturated carbocycles. The standard InChI is InChI=1S/C18H26F3N7O/c1-12-15(25-17-23-10-14(18(19,20)21)16(22-2)26-17)11-24-28(12)13-4-6-27(7-5-13)8-9-29-3/h10-11,13H,4-9H2,1-3H3,(H2,22,23,25,26). The van der Waals surface area contributed by atoms with Crippen molar-refractivity contribution in [1.82, 2.24) is 24.6 Å². The average Bonchev–Trinajstić information content (AvgIpc) is 3.06. The second-order valence-corrected chi connectivity index (χ2v) is 6.98. The Hall–Kier alpha value is -2.40. The van der Waals surface area contributed by atoms with Crippen LogP contribution in [0.2, 0.25) is 0 Å². The number of alkyl halides is 3. The first-order chi connectivity index (χ1) is 13.8. The lowest BCUT2D eigenvalue weighted by Gasteiger charge is -2.32. The molecule has 2 aromatic heterocycles. The third-order valence-electron chi connectivity index (χ3n) is 5.14. The minimum absolute atomic E-state index is 0.0828. The van der Waals surface area contributed by atoms with Crippen molar-refractivity contribution in [2.24, 2.45) is 0 Å². The fourth-order valence-electron chi connectivity index (χ4n) is 3.48. The molecule has 1 fully saturated rings. The summed E-state index contributed by atoms with van der Waals surface area (Å²) in [7, 11) is 3.10. The van der Waals surface area contributed by atoms with Crippen molar-refractivity contribution in [2.45, 2.75) is 32.0 Å². The van der Waals surface area contributed by atoms with Gasteiger partial charge in [-0.2, -0.15) is 23.3 Å². The Morgan fingerprint density at radius 2 is 1.97 bits per heavy atom. The van der Waals surface area contributed by atoms with Crippen molar-refractivity contribution in [3.05, 3.63) is 23.7 Å². The van der Waals surface area contributed by atoms with Crippen molar-refractivity contribution in [3.8, 4) is 0 Å². The van der Waals surface area contributed by atoms with E-state index in [2.05, 4.69) is 30.6 Å². The van der Waals surface area contributed by atoms with E-state index in [1.165, 1.54) is 7.05 Å². The van der Waals surface area contributed by atoms with Gasteiger partial charge >= 0.3 is 6.18 Å². The maximum Gasteiger partial charge on any atom is 0.421 e. The van der Waals surface area contributed by atoms with Gasteiger partial charge in [0, 0.05) is 40.0 Å². The van der Waals surface area contributed by atoms with Crippen molar-refractivity contribution in [2.75, 3.05) is 51.0 Å². The summed E-state index contributed by atoms with van der Waals surface area (Å²) >= 11 is 0. The highest BCUT2D eigenvalue weighted by atomic mass is 19.4.